The molecule has 0 aliphatic carbocycles. The third kappa shape index (κ3) is 4.55. The Balaban J connectivity index is 1.31. The minimum absolute atomic E-state index is 0.0151. The number of nitrogens with zero attached hydrogens (tertiary/aromatic N) is 1. The van der Waals surface area contributed by atoms with E-state index in [9.17, 15) is 5.48 Å². The number of benzene rings is 8. The number of anilines is 3. The summed E-state index contributed by atoms with van der Waals surface area (Å²) in [6, 6.07) is 50.0. The predicted octanol–water partition coefficient (Wildman–Crippen LogP) is 13.9. The van der Waals surface area contributed by atoms with Gasteiger partial charge in [0.15, 0.2) is 0 Å². The second-order valence-electron chi connectivity index (χ2n) is 12.2. The predicted molar refractivity (Wildman–Crippen MR) is 210 cm³/mol. The molecule has 0 aliphatic heterocycles. The molecule has 0 N–H and O–H groups in total. The van der Waals surface area contributed by atoms with Gasteiger partial charge in [0.1, 0.15) is 11.2 Å². The lowest BCUT2D eigenvalue weighted by Gasteiger charge is -2.27. The smallest absolute Gasteiger partial charge is 0.143 e. The summed E-state index contributed by atoms with van der Waals surface area (Å²) < 4.78 is 46.6. The van der Waals surface area contributed by atoms with Crippen LogP contribution in [0.4, 0.5) is 17.1 Å². The highest BCUT2D eigenvalue weighted by molar-refractivity contribution is 7.26. The maximum atomic E-state index is 9.98. The van der Waals surface area contributed by atoms with Crippen molar-refractivity contribution in [3.63, 3.8) is 0 Å². The van der Waals surface area contributed by atoms with E-state index in [4.69, 9.17) is 4.42 Å². The molecule has 2 nitrogen and oxygen atoms in total. The van der Waals surface area contributed by atoms with Crippen LogP contribution < -0.4 is 4.90 Å². The molecule has 0 bridgehead atoms. The van der Waals surface area contributed by atoms with Gasteiger partial charge in [0.25, 0.3) is 0 Å². The summed E-state index contributed by atoms with van der Waals surface area (Å²) in [5.41, 5.74) is 6.15. The molecule has 0 saturated carbocycles. The molecule has 0 unspecified atom stereocenters. The molecule has 0 amide bonds. The van der Waals surface area contributed by atoms with Crippen LogP contribution >= 0.6 is 11.3 Å². The van der Waals surface area contributed by atoms with Gasteiger partial charge in [-0.2, -0.15) is 0 Å². The van der Waals surface area contributed by atoms with Crippen LogP contribution in [0.25, 0.3) is 75.1 Å². The van der Waals surface area contributed by atoms with Crippen molar-refractivity contribution in [1.82, 2.24) is 0 Å². The van der Waals surface area contributed by atoms with Crippen LogP contribution in [-0.2, 0) is 0 Å². The molecule has 10 aromatic rings. The van der Waals surface area contributed by atoms with E-state index >= 15 is 0 Å². The molecular formula is C46H29NOS. The second-order valence-corrected chi connectivity index (χ2v) is 13.2. The number of hydrogen-bond donors (Lipinski definition) is 0. The molecule has 0 spiro atoms. The summed E-state index contributed by atoms with van der Waals surface area (Å²) in [6.45, 7) is 0. The fraction of sp³-hybridized carbons (Fsp3) is 0. The lowest BCUT2D eigenvalue weighted by atomic mass is 10.0. The Labute approximate surface area is 293 Å². The topological polar surface area (TPSA) is 16.4 Å². The average Bonchev–Trinajstić information content (AvgIpc) is 3.79. The van der Waals surface area contributed by atoms with Gasteiger partial charge in [0, 0.05) is 42.3 Å². The zero-order valence-electron chi connectivity index (χ0n) is 30.2. The number of furan rings is 1. The molecule has 3 heteroatoms. The summed E-state index contributed by atoms with van der Waals surface area (Å²) in [7, 11) is 0. The van der Waals surface area contributed by atoms with Crippen molar-refractivity contribution in [2.24, 2.45) is 0 Å². The first kappa shape index (κ1) is 24.1. The van der Waals surface area contributed by atoms with E-state index in [1.54, 1.807) is 11.3 Å². The van der Waals surface area contributed by atoms with E-state index < -0.39 is 0 Å². The van der Waals surface area contributed by atoms with E-state index in [0.29, 0.717) is 22.4 Å². The third-order valence-electron chi connectivity index (χ3n) is 9.33. The van der Waals surface area contributed by atoms with Crippen molar-refractivity contribution in [2.75, 3.05) is 4.90 Å². The van der Waals surface area contributed by atoms with Gasteiger partial charge < -0.3 is 9.32 Å². The Morgan fingerprint density at radius 1 is 0.551 bits per heavy atom. The van der Waals surface area contributed by atoms with Gasteiger partial charge in [0.2, 0.25) is 0 Å². The Hall–Kier alpha value is -6.16. The largest absolute Gasteiger partial charge is 0.455 e. The highest BCUT2D eigenvalue weighted by atomic mass is 32.1. The first-order valence-electron chi connectivity index (χ1n) is 18.3. The van der Waals surface area contributed by atoms with E-state index in [2.05, 4.69) is 66.7 Å². The van der Waals surface area contributed by atoms with Crippen molar-refractivity contribution in [3.05, 3.63) is 176 Å². The third-order valence-corrected chi connectivity index (χ3v) is 10.5. The zero-order chi connectivity index (χ0) is 35.8. The van der Waals surface area contributed by atoms with Crippen molar-refractivity contribution in [2.45, 2.75) is 0 Å². The number of fused-ring (bicyclic) bond motifs is 8. The van der Waals surface area contributed by atoms with Crippen LogP contribution in [0.5, 0.6) is 0 Å². The Bertz CT molecular complexity index is 3080. The van der Waals surface area contributed by atoms with Gasteiger partial charge in [-0.15, -0.1) is 11.3 Å². The molecule has 49 heavy (non-hydrogen) atoms. The molecule has 0 saturated heterocycles. The normalized spacial score (nSPS) is 12.8. The van der Waals surface area contributed by atoms with Crippen LogP contribution in [0.2, 0.25) is 0 Å². The molecule has 0 atom stereocenters. The Morgan fingerprint density at radius 3 is 2.27 bits per heavy atom. The van der Waals surface area contributed by atoms with Crippen molar-refractivity contribution < 1.29 is 9.90 Å². The summed E-state index contributed by atoms with van der Waals surface area (Å²) in [5, 5.41) is 5.97. The first-order chi connectivity index (χ1) is 26.0. The molecule has 0 radical (unpaired) electrons. The van der Waals surface area contributed by atoms with Crippen LogP contribution in [0, 0.1) is 0 Å². The van der Waals surface area contributed by atoms with Gasteiger partial charge in [-0.1, -0.05) is 127 Å². The Kier molecular flexibility index (Phi) is 5.51. The summed E-state index contributed by atoms with van der Waals surface area (Å²) in [6.07, 6.45) is 0. The lowest BCUT2D eigenvalue weighted by molar-refractivity contribution is 0.672. The van der Waals surface area contributed by atoms with Crippen molar-refractivity contribution >= 4 is 81.3 Å². The minimum atomic E-state index is -0.233. The SMILES string of the molecule is [2H]c1c([2H])c(-c2cccc3c2sc2ccccc23)c([2H])c(N(c2cccc(-c3ccccc3)c2)c2cccc3oc4c5ccccc5ccc4c23)c1[2H]. The fourth-order valence-electron chi connectivity index (χ4n) is 7.09. The molecule has 230 valence electrons. The van der Waals surface area contributed by atoms with Gasteiger partial charge >= 0.3 is 0 Å². The highest BCUT2D eigenvalue weighted by Gasteiger charge is 2.21. The Morgan fingerprint density at radius 2 is 1.33 bits per heavy atom. The second kappa shape index (κ2) is 11.2. The molecular weight excluding hydrogens is 615 g/mol. The van der Waals surface area contributed by atoms with E-state index in [-0.39, 0.29) is 29.9 Å². The average molecular weight is 648 g/mol. The van der Waals surface area contributed by atoms with Gasteiger partial charge in [-0.3, -0.25) is 0 Å². The summed E-state index contributed by atoms with van der Waals surface area (Å²) in [4.78, 5) is 1.93. The maximum Gasteiger partial charge on any atom is 0.143 e. The molecule has 0 aliphatic rings. The van der Waals surface area contributed by atoms with E-state index in [1.165, 1.54) is 0 Å². The lowest BCUT2D eigenvalue weighted by Crippen LogP contribution is -2.10. The first-order valence-corrected chi connectivity index (χ1v) is 17.1. The summed E-state index contributed by atoms with van der Waals surface area (Å²) in [5.74, 6) is 0. The van der Waals surface area contributed by atoms with E-state index in [1.807, 2.05) is 89.8 Å². The standard InChI is InChI=1S/C46H29NOS/c1-2-12-30(13-3-1)32-15-8-17-34(28-32)47(41-23-11-24-42-44(41)40-27-26-31-14-4-5-19-36(31)45(40)48-42)35-18-9-16-33(29-35)37-21-10-22-39-38-20-6-7-25-43(38)49-46(37)39/h1-29H/i9D,16D,18D,29D. The quantitative estimate of drug-likeness (QED) is 0.185. The molecule has 8 aromatic carbocycles. The van der Waals surface area contributed by atoms with Gasteiger partial charge in [-0.05, 0) is 76.1 Å². The number of rotatable bonds is 5. The number of thiophene rings is 1. The molecule has 10 rings (SSSR count). The van der Waals surface area contributed by atoms with Crippen LogP contribution in [-0.4, -0.2) is 0 Å². The molecule has 2 aromatic heterocycles. The van der Waals surface area contributed by atoms with Crippen LogP contribution in [0.15, 0.2) is 180 Å². The van der Waals surface area contributed by atoms with Gasteiger partial charge in [0.05, 0.1) is 16.6 Å². The summed E-state index contributed by atoms with van der Waals surface area (Å²) >= 11 is 1.62. The minimum Gasteiger partial charge on any atom is -0.455 e. The van der Waals surface area contributed by atoms with E-state index in [0.717, 1.165) is 64.1 Å². The monoisotopic (exact) mass is 647 g/mol. The fourth-order valence-corrected chi connectivity index (χ4v) is 8.31. The van der Waals surface area contributed by atoms with Crippen LogP contribution in [0.3, 0.4) is 0 Å². The molecule has 2 heterocycles. The van der Waals surface area contributed by atoms with Gasteiger partial charge in [-0.25, -0.2) is 0 Å². The van der Waals surface area contributed by atoms with Crippen LogP contribution in [0.1, 0.15) is 5.48 Å². The zero-order valence-corrected chi connectivity index (χ0v) is 27.0. The molecule has 0 fully saturated rings. The van der Waals surface area contributed by atoms with Crippen molar-refractivity contribution in [1.29, 1.82) is 0 Å². The maximum absolute atomic E-state index is 9.98. The highest BCUT2D eigenvalue weighted by Crippen LogP contribution is 2.46. The number of hydrogen-bond acceptors (Lipinski definition) is 3. The van der Waals surface area contributed by atoms with Crippen molar-refractivity contribution in [3.8, 4) is 22.3 Å².